The van der Waals surface area contributed by atoms with Crippen LogP contribution in [-0.4, -0.2) is 19.2 Å². The van der Waals surface area contributed by atoms with Crippen LogP contribution >= 0.6 is 0 Å². The van der Waals surface area contributed by atoms with Crippen molar-refractivity contribution in [3.63, 3.8) is 0 Å². The van der Waals surface area contributed by atoms with Gasteiger partial charge in [0.1, 0.15) is 5.75 Å². The summed E-state index contributed by atoms with van der Waals surface area (Å²) >= 11 is 0. The van der Waals surface area contributed by atoms with Gasteiger partial charge in [-0.3, -0.25) is 0 Å². The van der Waals surface area contributed by atoms with Gasteiger partial charge in [-0.1, -0.05) is 6.07 Å². The Morgan fingerprint density at radius 2 is 2.36 bits per heavy atom. The highest BCUT2D eigenvalue weighted by Gasteiger charge is 2.23. The lowest BCUT2D eigenvalue weighted by atomic mass is 9.96. The van der Waals surface area contributed by atoms with E-state index in [4.69, 9.17) is 10.5 Å². The molecule has 3 nitrogen and oxygen atoms in total. The van der Waals surface area contributed by atoms with E-state index in [2.05, 4.69) is 17.4 Å². The Bertz CT molecular complexity index is 376. The molecule has 0 spiro atoms. The van der Waals surface area contributed by atoms with Crippen molar-refractivity contribution in [2.75, 3.05) is 18.5 Å². The van der Waals surface area contributed by atoms with Crippen molar-refractivity contribution < 1.29 is 4.74 Å². The molecule has 0 fully saturated rings. The molecule has 3 N–H and O–H groups in total. The zero-order valence-corrected chi connectivity index (χ0v) is 8.05. The highest BCUT2D eigenvalue weighted by atomic mass is 16.5. The van der Waals surface area contributed by atoms with Gasteiger partial charge in [0, 0.05) is 30.3 Å². The van der Waals surface area contributed by atoms with E-state index in [1.165, 1.54) is 16.8 Å². The van der Waals surface area contributed by atoms with Crippen molar-refractivity contribution in [1.82, 2.24) is 0 Å². The number of hydrogen-bond donors (Lipinski definition) is 2. The molecule has 1 atom stereocenters. The molecule has 3 heteroatoms. The average molecular weight is 190 g/mol. The van der Waals surface area contributed by atoms with Gasteiger partial charge < -0.3 is 15.8 Å². The minimum absolute atomic E-state index is 0.253. The molecule has 2 aliphatic heterocycles. The molecule has 1 aromatic rings. The Morgan fingerprint density at radius 1 is 1.43 bits per heavy atom. The number of benzene rings is 1. The van der Waals surface area contributed by atoms with Crippen LogP contribution in [0.15, 0.2) is 12.1 Å². The van der Waals surface area contributed by atoms with E-state index in [1.54, 1.807) is 0 Å². The van der Waals surface area contributed by atoms with Crippen LogP contribution in [0.5, 0.6) is 5.75 Å². The van der Waals surface area contributed by atoms with Crippen LogP contribution in [0.4, 0.5) is 5.69 Å². The van der Waals surface area contributed by atoms with Crippen LogP contribution in [0.1, 0.15) is 11.1 Å². The SMILES string of the molecule is NC1CNc2c(ccc3c2CCO3)C1. The molecule has 74 valence electrons. The van der Waals surface area contributed by atoms with E-state index >= 15 is 0 Å². The van der Waals surface area contributed by atoms with Gasteiger partial charge in [0.25, 0.3) is 0 Å². The van der Waals surface area contributed by atoms with Crippen LogP contribution in [0.3, 0.4) is 0 Å². The molecule has 2 heterocycles. The molecule has 0 aromatic heterocycles. The maximum absolute atomic E-state index is 5.90. The Kier molecular flexibility index (Phi) is 1.67. The molecule has 3 rings (SSSR count). The first-order valence-electron chi connectivity index (χ1n) is 5.11. The van der Waals surface area contributed by atoms with Crippen molar-refractivity contribution in [3.8, 4) is 5.75 Å². The summed E-state index contributed by atoms with van der Waals surface area (Å²) in [6.45, 7) is 1.70. The van der Waals surface area contributed by atoms with E-state index < -0.39 is 0 Å². The van der Waals surface area contributed by atoms with Crippen molar-refractivity contribution >= 4 is 5.69 Å². The summed E-state index contributed by atoms with van der Waals surface area (Å²) in [5.41, 5.74) is 9.86. The standard InChI is InChI=1S/C11H14N2O/c12-8-5-7-1-2-10-9(3-4-14-10)11(7)13-6-8/h1-2,8,13H,3-6,12H2. The highest BCUT2D eigenvalue weighted by molar-refractivity contribution is 5.65. The predicted molar refractivity (Wildman–Crippen MR) is 55.8 cm³/mol. The second-order valence-electron chi connectivity index (χ2n) is 4.02. The van der Waals surface area contributed by atoms with Crippen molar-refractivity contribution in [2.45, 2.75) is 18.9 Å². The normalized spacial score (nSPS) is 23.4. The number of nitrogens with one attached hydrogen (secondary N) is 1. The number of rotatable bonds is 0. The maximum Gasteiger partial charge on any atom is 0.124 e. The summed E-state index contributed by atoms with van der Waals surface area (Å²) in [5.74, 6) is 1.05. The van der Waals surface area contributed by atoms with E-state index in [0.717, 1.165) is 31.7 Å². The van der Waals surface area contributed by atoms with E-state index in [9.17, 15) is 0 Å². The van der Waals surface area contributed by atoms with Gasteiger partial charge in [-0.2, -0.15) is 0 Å². The fourth-order valence-electron chi connectivity index (χ4n) is 2.30. The Hall–Kier alpha value is -1.22. The fourth-order valence-corrected chi connectivity index (χ4v) is 2.30. The quantitative estimate of drug-likeness (QED) is 0.639. The first-order chi connectivity index (χ1) is 6.84. The van der Waals surface area contributed by atoms with E-state index in [-0.39, 0.29) is 6.04 Å². The molecule has 0 radical (unpaired) electrons. The lowest BCUT2D eigenvalue weighted by Crippen LogP contribution is -2.35. The Morgan fingerprint density at radius 3 is 3.29 bits per heavy atom. The highest BCUT2D eigenvalue weighted by Crippen LogP contribution is 2.36. The monoisotopic (exact) mass is 190 g/mol. The maximum atomic E-state index is 5.90. The molecule has 0 amide bonds. The van der Waals surface area contributed by atoms with Gasteiger partial charge in [-0.15, -0.1) is 0 Å². The van der Waals surface area contributed by atoms with Gasteiger partial charge in [-0.25, -0.2) is 0 Å². The summed E-state index contributed by atoms with van der Waals surface area (Å²) in [4.78, 5) is 0. The molecule has 0 saturated carbocycles. The number of fused-ring (bicyclic) bond motifs is 3. The van der Waals surface area contributed by atoms with E-state index in [0.29, 0.717) is 0 Å². The first kappa shape index (κ1) is 8.12. The summed E-state index contributed by atoms with van der Waals surface area (Å²) in [6.07, 6.45) is 2.01. The molecule has 0 saturated heterocycles. The van der Waals surface area contributed by atoms with Crippen LogP contribution in [0.2, 0.25) is 0 Å². The zero-order valence-electron chi connectivity index (χ0n) is 8.05. The molecule has 0 aliphatic carbocycles. The largest absolute Gasteiger partial charge is 0.493 e. The molecule has 2 aliphatic rings. The zero-order chi connectivity index (χ0) is 9.54. The summed E-state index contributed by atoms with van der Waals surface area (Å²) in [5, 5.41) is 3.41. The van der Waals surface area contributed by atoms with Gasteiger partial charge >= 0.3 is 0 Å². The second-order valence-corrected chi connectivity index (χ2v) is 4.02. The molecular weight excluding hydrogens is 176 g/mol. The Balaban J connectivity index is 2.10. The average Bonchev–Trinajstić information content (AvgIpc) is 2.65. The Labute approximate surface area is 83.2 Å². The van der Waals surface area contributed by atoms with E-state index in [1.807, 2.05) is 0 Å². The third-order valence-corrected chi connectivity index (χ3v) is 2.99. The minimum atomic E-state index is 0.253. The van der Waals surface area contributed by atoms with Crippen molar-refractivity contribution in [2.24, 2.45) is 5.73 Å². The second kappa shape index (κ2) is 2.89. The number of hydrogen-bond acceptors (Lipinski definition) is 3. The molecule has 1 aromatic carbocycles. The predicted octanol–water partition coefficient (Wildman–Crippen LogP) is 0.917. The third kappa shape index (κ3) is 1.09. The first-order valence-corrected chi connectivity index (χ1v) is 5.11. The molecular formula is C11H14N2O. The van der Waals surface area contributed by atoms with Crippen LogP contribution in [0.25, 0.3) is 0 Å². The lowest BCUT2D eigenvalue weighted by Gasteiger charge is -2.24. The van der Waals surface area contributed by atoms with Gasteiger partial charge in [0.05, 0.1) is 6.61 Å². The fraction of sp³-hybridized carbons (Fsp3) is 0.455. The van der Waals surface area contributed by atoms with Crippen LogP contribution in [0, 0.1) is 0 Å². The molecule has 0 bridgehead atoms. The lowest BCUT2D eigenvalue weighted by molar-refractivity contribution is 0.357. The van der Waals surface area contributed by atoms with Crippen molar-refractivity contribution in [3.05, 3.63) is 23.3 Å². The van der Waals surface area contributed by atoms with Gasteiger partial charge in [-0.05, 0) is 18.1 Å². The van der Waals surface area contributed by atoms with Gasteiger partial charge in [0.2, 0.25) is 0 Å². The summed E-state index contributed by atoms with van der Waals surface area (Å²) in [6, 6.07) is 4.45. The van der Waals surface area contributed by atoms with Crippen molar-refractivity contribution in [1.29, 1.82) is 0 Å². The smallest absolute Gasteiger partial charge is 0.124 e. The van der Waals surface area contributed by atoms with Gasteiger partial charge in [0.15, 0.2) is 0 Å². The third-order valence-electron chi connectivity index (χ3n) is 2.99. The topological polar surface area (TPSA) is 47.3 Å². The number of anilines is 1. The summed E-state index contributed by atoms with van der Waals surface area (Å²) < 4.78 is 5.52. The minimum Gasteiger partial charge on any atom is -0.493 e. The molecule has 1 unspecified atom stereocenters. The van der Waals surface area contributed by atoms with Crippen LogP contribution < -0.4 is 15.8 Å². The summed E-state index contributed by atoms with van der Waals surface area (Å²) in [7, 11) is 0. The number of nitrogens with two attached hydrogens (primary N) is 1. The molecule has 14 heavy (non-hydrogen) atoms. The van der Waals surface area contributed by atoms with Crippen LogP contribution in [-0.2, 0) is 12.8 Å². The number of ether oxygens (including phenoxy) is 1.